The Hall–Kier alpha value is -2.12. The first-order valence-corrected chi connectivity index (χ1v) is 10.8. The summed E-state index contributed by atoms with van der Waals surface area (Å²) in [6, 6.07) is 4.31. The average molecular weight is 453 g/mol. The molecular weight excluding hydrogens is 420 g/mol. The predicted molar refractivity (Wildman–Crippen MR) is 115 cm³/mol. The molecule has 1 aromatic rings. The number of carbonyl (C=O) groups excluding carboxylic acids is 2. The van der Waals surface area contributed by atoms with Crippen LogP contribution in [-0.4, -0.2) is 98.2 Å². The molecule has 1 aromatic carbocycles. The lowest BCUT2D eigenvalue weighted by atomic mass is 10.0. The van der Waals surface area contributed by atoms with Crippen molar-refractivity contribution in [2.75, 3.05) is 58.0 Å². The van der Waals surface area contributed by atoms with Gasteiger partial charge in [0.05, 0.1) is 56.8 Å². The van der Waals surface area contributed by atoms with Crippen LogP contribution in [0.25, 0.3) is 0 Å². The van der Waals surface area contributed by atoms with Crippen molar-refractivity contribution in [3.8, 4) is 0 Å². The van der Waals surface area contributed by atoms with Crippen LogP contribution in [0, 0.1) is 0 Å². The number of ether oxygens (including phenoxy) is 3. The number of nitrogens with two attached hydrogens (primary N) is 1. The molecule has 178 valence electrons. The minimum absolute atomic E-state index is 0.289. The van der Waals surface area contributed by atoms with E-state index in [-0.39, 0.29) is 5.56 Å². The van der Waals surface area contributed by atoms with Gasteiger partial charge < -0.3 is 35.5 Å². The summed E-state index contributed by atoms with van der Waals surface area (Å²) in [7, 11) is 0. The van der Waals surface area contributed by atoms with E-state index in [4.69, 9.17) is 19.9 Å². The van der Waals surface area contributed by atoms with Crippen molar-refractivity contribution >= 4 is 17.5 Å². The van der Waals surface area contributed by atoms with Crippen LogP contribution >= 0.6 is 0 Å². The third-order valence-corrected chi connectivity index (χ3v) is 5.31. The summed E-state index contributed by atoms with van der Waals surface area (Å²) in [5.41, 5.74) is 6.45. The first-order valence-electron chi connectivity index (χ1n) is 10.8. The molecule has 0 aromatic heterocycles. The minimum Gasteiger partial charge on any atom is -0.382 e. The fraction of sp³-hybridized carbons (Fsp3) is 0.619. The van der Waals surface area contributed by atoms with Crippen molar-refractivity contribution in [2.24, 2.45) is 5.73 Å². The van der Waals surface area contributed by atoms with Crippen LogP contribution < -0.4 is 16.4 Å². The van der Waals surface area contributed by atoms with E-state index in [1.165, 1.54) is 0 Å². The number of nitrogens with one attached hydrogen (secondary N) is 2. The van der Waals surface area contributed by atoms with Crippen molar-refractivity contribution in [3.05, 3.63) is 29.3 Å². The summed E-state index contributed by atoms with van der Waals surface area (Å²) in [6.45, 7) is 3.69. The second-order valence-corrected chi connectivity index (χ2v) is 7.53. The molecule has 1 saturated heterocycles. The first-order chi connectivity index (χ1) is 15.5. The van der Waals surface area contributed by atoms with E-state index in [2.05, 4.69) is 10.6 Å². The zero-order valence-corrected chi connectivity index (χ0v) is 18.0. The number of imide groups is 1. The van der Waals surface area contributed by atoms with E-state index in [0.29, 0.717) is 76.8 Å². The Bertz CT molecular complexity index is 779. The molecule has 32 heavy (non-hydrogen) atoms. The van der Waals surface area contributed by atoms with Gasteiger partial charge in [-0.1, -0.05) is 6.07 Å². The van der Waals surface area contributed by atoms with E-state index in [9.17, 15) is 19.8 Å². The molecule has 3 rings (SSSR count). The van der Waals surface area contributed by atoms with Gasteiger partial charge in [0.2, 0.25) is 0 Å². The van der Waals surface area contributed by atoms with Crippen LogP contribution in [0.4, 0.5) is 5.69 Å². The molecule has 3 unspecified atom stereocenters. The molecule has 2 heterocycles. The van der Waals surface area contributed by atoms with Crippen molar-refractivity contribution in [1.29, 1.82) is 0 Å². The Morgan fingerprint density at radius 3 is 2.38 bits per heavy atom. The highest BCUT2D eigenvalue weighted by Crippen LogP contribution is 2.33. The van der Waals surface area contributed by atoms with Gasteiger partial charge in [-0.2, -0.15) is 0 Å². The predicted octanol–water partition coefficient (Wildman–Crippen LogP) is -0.908. The number of aliphatic hydroxyl groups excluding tert-OH is 2. The van der Waals surface area contributed by atoms with Crippen LogP contribution in [0.15, 0.2) is 18.2 Å². The third-order valence-electron chi connectivity index (χ3n) is 5.31. The molecule has 0 spiro atoms. The highest BCUT2D eigenvalue weighted by molar-refractivity contribution is 6.24. The van der Waals surface area contributed by atoms with E-state index in [1.54, 1.807) is 18.2 Å². The molecule has 11 heteroatoms. The summed E-state index contributed by atoms with van der Waals surface area (Å²) >= 11 is 0. The van der Waals surface area contributed by atoms with Crippen LogP contribution in [0.5, 0.6) is 0 Å². The SMILES string of the molecule is NCCOCCOCCOCCNc1cccc2c1C(=O)N(C1CCC(O)NC1O)C2=O. The van der Waals surface area contributed by atoms with Gasteiger partial charge in [-0.25, -0.2) is 0 Å². The molecule has 0 radical (unpaired) electrons. The number of amides is 2. The number of piperidine rings is 1. The summed E-state index contributed by atoms with van der Waals surface area (Å²) < 4.78 is 16.1. The van der Waals surface area contributed by atoms with Crippen LogP contribution in [0.3, 0.4) is 0 Å². The summed E-state index contributed by atoms with van der Waals surface area (Å²) in [5, 5.41) is 25.6. The molecule has 0 aliphatic carbocycles. The molecule has 6 N–H and O–H groups in total. The number of hydrogen-bond acceptors (Lipinski definition) is 10. The molecule has 0 saturated carbocycles. The largest absolute Gasteiger partial charge is 0.382 e. The molecule has 0 bridgehead atoms. The fourth-order valence-electron chi connectivity index (χ4n) is 3.78. The number of fused-ring (bicyclic) bond motifs is 1. The molecule has 2 aliphatic heterocycles. The van der Waals surface area contributed by atoms with Gasteiger partial charge in [-0.3, -0.25) is 19.8 Å². The van der Waals surface area contributed by atoms with Crippen molar-refractivity contribution in [2.45, 2.75) is 31.3 Å². The van der Waals surface area contributed by atoms with Crippen LogP contribution in [-0.2, 0) is 14.2 Å². The van der Waals surface area contributed by atoms with Crippen molar-refractivity contribution in [1.82, 2.24) is 10.2 Å². The number of benzene rings is 1. The first kappa shape index (κ1) is 24.5. The highest BCUT2D eigenvalue weighted by atomic mass is 16.5. The zero-order valence-electron chi connectivity index (χ0n) is 18.0. The average Bonchev–Trinajstić information content (AvgIpc) is 3.03. The molecule has 11 nitrogen and oxygen atoms in total. The molecule has 2 amide bonds. The lowest BCUT2D eigenvalue weighted by Gasteiger charge is -2.36. The number of nitrogens with zero attached hydrogens (tertiary/aromatic N) is 1. The molecule has 3 atom stereocenters. The Morgan fingerprint density at radius 1 is 1.00 bits per heavy atom. The standard InChI is InChI=1S/C21H32N4O7/c22-6-8-30-10-12-32-13-11-31-9-7-23-15-3-1-2-14-18(15)21(29)25(20(14)28)16-4-5-17(26)24-19(16)27/h1-3,16-17,19,23-24,26-27H,4-13,22H2. The second-order valence-electron chi connectivity index (χ2n) is 7.53. The number of hydrogen-bond donors (Lipinski definition) is 5. The number of anilines is 1. The van der Waals surface area contributed by atoms with Crippen molar-refractivity contribution < 1.29 is 34.0 Å². The highest BCUT2D eigenvalue weighted by Gasteiger charge is 2.45. The lowest BCUT2D eigenvalue weighted by Crippen LogP contribution is -2.58. The van der Waals surface area contributed by atoms with Crippen LogP contribution in [0.1, 0.15) is 33.6 Å². The Kier molecular flexibility index (Phi) is 9.36. The molecule has 1 fully saturated rings. The number of rotatable bonds is 13. The van der Waals surface area contributed by atoms with Gasteiger partial charge in [-0.05, 0) is 25.0 Å². The van der Waals surface area contributed by atoms with Gasteiger partial charge in [-0.15, -0.1) is 0 Å². The van der Waals surface area contributed by atoms with Crippen molar-refractivity contribution in [3.63, 3.8) is 0 Å². The lowest BCUT2D eigenvalue weighted by molar-refractivity contribution is -0.0413. The van der Waals surface area contributed by atoms with E-state index in [1.807, 2.05) is 0 Å². The zero-order chi connectivity index (χ0) is 22.9. The van der Waals surface area contributed by atoms with E-state index >= 15 is 0 Å². The third kappa shape index (κ3) is 6.01. The Labute approximate surface area is 186 Å². The maximum atomic E-state index is 13.1. The van der Waals surface area contributed by atoms with Gasteiger partial charge in [0.1, 0.15) is 12.5 Å². The molecular formula is C21H32N4O7. The summed E-state index contributed by atoms with van der Waals surface area (Å²) in [5.74, 6) is -0.902. The minimum atomic E-state index is -1.18. The smallest absolute Gasteiger partial charge is 0.264 e. The van der Waals surface area contributed by atoms with E-state index in [0.717, 1.165) is 4.90 Å². The number of aliphatic hydroxyl groups is 2. The maximum Gasteiger partial charge on any atom is 0.264 e. The Balaban J connectivity index is 1.46. The van der Waals surface area contributed by atoms with Crippen LogP contribution in [0.2, 0.25) is 0 Å². The monoisotopic (exact) mass is 452 g/mol. The maximum absolute atomic E-state index is 13.1. The topological polar surface area (TPSA) is 156 Å². The van der Waals surface area contributed by atoms with Gasteiger partial charge in [0.15, 0.2) is 0 Å². The van der Waals surface area contributed by atoms with Gasteiger partial charge in [0.25, 0.3) is 11.8 Å². The quantitative estimate of drug-likeness (QED) is 0.188. The van der Waals surface area contributed by atoms with Gasteiger partial charge >= 0.3 is 0 Å². The fourth-order valence-corrected chi connectivity index (χ4v) is 3.78. The second kappa shape index (κ2) is 12.2. The Morgan fingerprint density at radius 2 is 1.69 bits per heavy atom. The van der Waals surface area contributed by atoms with E-state index < -0.39 is 30.3 Å². The summed E-state index contributed by atoms with van der Waals surface area (Å²) in [6.07, 6.45) is -1.38. The normalized spacial score (nSPS) is 23.0. The number of carbonyl (C=O) groups is 2. The summed E-state index contributed by atoms with van der Waals surface area (Å²) in [4.78, 5) is 27.0. The molecule has 2 aliphatic rings. The van der Waals surface area contributed by atoms with Gasteiger partial charge in [0, 0.05) is 18.8 Å².